The minimum absolute atomic E-state index is 0.0161. The van der Waals surface area contributed by atoms with Crippen LogP contribution in [0.25, 0.3) is 0 Å². The van der Waals surface area contributed by atoms with E-state index in [2.05, 4.69) is 13.8 Å². The summed E-state index contributed by atoms with van der Waals surface area (Å²) in [5.74, 6) is -0.0161. The second-order valence-corrected chi connectivity index (χ2v) is 6.35. The van der Waals surface area contributed by atoms with Gasteiger partial charge in [-0.2, -0.15) is 0 Å². The molecule has 2 rings (SSSR count). The molecule has 1 saturated heterocycles. The Morgan fingerprint density at radius 1 is 1.30 bits per heavy atom. The topological polar surface area (TPSA) is 46.3 Å². The van der Waals surface area contributed by atoms with Crippen molar-refractivity contribution in [1.82, 2.24) is 4.90 Å². The van der Waals surface area contributed by atoms with E-state index in [1.807, 2.05) is 4.90 Å². The molecule has 1 fully saturated rings. The smallest absolute Gasteiger partial charge is 0.253 e. The second kappa shape index (κ2) is 5.82. The summed E-state index contributed by atoms with van der Waals surface area (Å²) < 4.78 is 0. The van der Waals surface area contributed by atoms with Gasteiger partial charge in [0.05, 0.1) is 15.7 Å². The van der Waals surface area contributed by atoms with Gasteiger partial charge in [0.2, 0.25) is 0 Å². The van der Waals surface area contributed by atoms with Crippen LogP contribution in [-0.2, 0) is 0 Å². The average Bonchev–Trinajstić information content (AvgIpc) is 2.88. The second-order valence-electron chi connectivity index (χ2n) is 5.54. The van der Waals surface area contributed by atoms with Crippen LogP contribution in [0.5, 0.6) is 0 Å². The molecule has 20 heavy (non-hydrogen) atoms. The minimum Gasteiger partial charge on any atom is -0.396 e. The number of carbonyl (C=O) groups excluding carboxylic acids is 1. The third-order valence-electron chi connectivity index (χ3n) is 4.55. The summed E-state index contributed by atoms with van der Waals surface area (Å²) in [6.45, 7) is 5.97. The molecule has 0 aliphatic carbocycles. The summed E-state index contributed by atoms with van der Waals surface area (Å²) in [5.41, 5.74) is 6.80. The van der Waals surface area contributed by atoms with E-state index in [0.29, 0.717) is 21.3 Å². The third-order valence-corrected chi connectivity index (χ3v) is 5.18. The summed E-state index contributed by atoms with van der Waals surface area (Å²) in [6.07, 6.45) is 3.25. The molecule has 5 heteroatoms. The summed E-state index contributed by atoms with van der Waals surface area (Å²) in [7, 11) is 0. The van der Waals surface area contributed by atoms with Gasteiger partial charge in [0.1, 0.15) is 0 Å². The number of halogens is 2. The molecule has 2 N–H and O–H groups in total. The first-order chi connectivity index (χ1) is 9.42. The Morgan fingerprint density at radius 3 is 2.30 bits per heavy atom. The van der Waals surface area contributed by atoms with Crippen LogP contribution in [0.3, 0.4) is 0 Å². The molecule has 0 radical (unpaired) electrons. The maximum absolute atomic E-state index is 12.6. The van der Waals surface area contributed by atoms with Crippen LogP contribution in [-0.4, -0.2) is 23.9 Å². The quantitative estimate of drug-likeness (QED) is 0.849. The summed E-state index contributed by atoms with van der Waals surface area (Å²) in [6, 6.07) is 3.20. The number of carbonyl (C=O) groups is 1. The molecular weight excluding hydrogens is 295 g/mol. The van der Waals surface area contributed by atoms with Gasteiger partial charge in [-0.3, -0.25) is 4.79 Å². The summed E-state index contributed by atoms with van der Waals surface area (Å²) in [4.78, 5) is 14.4. The van der Waals surface area contributed by atoms with Crippen molar-refractivity contribution < 1.29 is 4.79 Å². The van der Waals surface area contributed by atoms with E-state index in [0.717, 1.165) is 32.4 Å². The van der Waals surface area contributed by atoms with Crippen molar-refractivity contribution in [2.75, 3.05) is 18.8 Å². The molecule has 110 valence electrons. The number of hydrogen-bond acceptors (Lipinski definition) is 2. The van der Waals surface area contributed by atoms with Crippen LogP contribution in [0.15, 0.2) is 12.1 Å². The molecule has 1 aliphatic heterocycles. The molecule has 0 bridgehead atoms. The Bertz CT molecular complexity index is 504. The molecule has 1 amide bonds. The third kappa shape index (κ3) is 2.75. The van der Waals surface area contributed by atoms with Crippen molar-refractivity contribution in [3.8, 4) is 0 Å². The molecule has 1 aromatic rings. The first-order valence-corrected chi connectivity index (χ1v) is 7.72. The van der Waals surface area contributed by atoms with Gasteiger partial charge in [0, 0.05) is 18.7 Å². The largest absolute Gasteiger partial charge is 0.396 e. The van der Waals surface area contributed by atoms with Crippen molar-refractivity contribution >= 4 is 34.8 Å². The van der Waals surface area contributed by atoms with Crippen molar-refractivity contribution in [3.05, 3.63) is 27.7 Å². The maximum atomic E-state index is 12.6. The van der Waals surface area contributed by atoms with E-state index in [-0.39, 0.29) is 11.3 Å². The van der Waals surface area contributed by atoms with E-state index in [4.69, 9.17) is 28.9 Å². The molecule has 0 spiro atoms. The van der Waals surface area contributed by atoms with E-state index in [1.54, 1.807) is 12.1 Å². The van der Waals surface area contributed by atoms with E-state index >= 15 is 0 Å². The van der Waals surface area contributed by atoms with Gasteiger partial charge < -0.3 is 10.6 Å². The highest BCUT2D eigenvalue weighted by Crippen LogP contribution is 2.38. The van der Waals surface area contributed by atoms with E-state index in [1.165, 1.54) is 0 Å². The maximum Gasteiger partial charge on any atom is 0.253 e. The number of nitrogens with two attached hydrogens (primary N) is 1. The molecule has 1 aliphatic rings. The number of rotatable bonds is 3. The lowest BCUT2D eigenvalue weighted by Crippen LogP contribution is -2.31. The van der Waals surface area contributed by atoms with Crippen molar-refractivity contribution in [2.24, 2.45) is 5.41 Å². The highest BCUT2D eigenvalue weighted by atomic mass is 35.5. The number of amides is 1. The summed E-state index contributed by atoms with van der Waals surface area (Å²) >= 11 is 12.0. The number of hydrogen-bond donors (Lipinski definition) is 1. The fraction of sp³-hybridized carbons (Fsp3) is 0.533. The van der Waals surface area contributed by atoms with Crippen LogP contribution in [0.2, 0.25) is 10.0 Å². The Hall–Kier alpha value is -0.930. The molecule has 0 atom stereocenters. The molecular formula is C15H20Cl2N2O. The Balaban J connectivity index is 2.21. The number of likely N-dealkylation sites (tertiary alicyclic amines) is 1. The Labute approximate surface area is 130 Å². The number of nitrogens with zero attached hydrogens (tertiary/aromatic N) is 1. The lowest BCUT2D eigenvalue weighted by atomic mass is 9.82. The molecule has 3 nitrogen and oxygen atoms in total. The van der Waals surface area contributed by atoms with Gasteiger partial charge in [-0.05, 0) is 36.8 Å². The van der Waals surface area contributed by atoms with Crippen LogP contribution < -0.4 is 5.73 Å². The zero-order valence-corrected chi connectivity index (χ0v) is 13.4. The Kier molecular flexibility index (Phi) is 4.50. The number of anilines is 1. The van der Waals surface area contributed by atoms with Crippen molar-refractivity contribution in [3.63, 3.8) is 0 Å². The van der Waals surface area contributed by atoms with Gasteiger partial charge in [-0.15, -0.1) is 0 Å². The number of nitrogen functional groups attached to an aromatic ring is 1. The molecule has 0 aromatic heterocycles. The zero-order valence-electron chi connectivity index (χ0n) is 11.9. The average molecular weight is 315 g/mol. The highest BCUT2D eigenvalue weighted by molar-refractivity contribution is 6.39. The zero-order chi connectivity index (χ0) is 14.9. The fourth-order valence-corrected chi connectivity index (χ4v) is 3.31. The molecule has 1 aromatic carbocycles. The lowest BCUT2D eigenvalue weighted by Gasteiger charge is -2.26. The van der Waals surface area contributed by atoms with E-state index < -0.39 is 0 Å². The lowest BCUT2D eigenvalue weighted by molar-refractivity contribution is 0.0770. The molecule has 0 saturated carbocycles. The fourth-order valence-electron chi connectivity index (χ4n) is 2.83. The summed E-state index contributed by atoms with van der Waals surface area (Å²) in [5, 5.41) is 0.662. The van der Waals surface area contributed by atoms with Gasteiger partial charge in [0.25, 0.3) is 5.91 Å². The monoisotopic (exact) mass is 314 g/mol. The SMILES string of the molecule is CCC1(CC)CCN(C(=O)c2cc(Cl)c(N)c(Cl)c2)C1. The first-order valence-electron chi connectivity index (χ1n) is 6.96. The first kappa shape index (κ1) is 15.5. The van der Waals surface area contributed by atoms with Crippen LogP contribution in [0.4, 0.5) is 5.69 Å². The highest BCUT2D eigenvalue weighted by Gasteiger charge is 2.37. The van der Waals surface area contributed by atoms with Gasteiger partial charge >= 0.3 is 0 Å². The van der Waals surface area contributed by atoms with Crippen LogP contribution in [0, 0.1) is 5.41 Å². The molecule has 0 unspecified atom stereocenters. The van der Waals surface area contributed by atoms with E-state index in [9.17, 15) is 4.79 Å². The normalized spacial score (nSPS) is 17.5. The molecule has 1 heterocycles. The van der Waals surface area contributed by atoms with Crippen LogP contribution >= 0.6 is 23.2 Å². The van der Waals surface area contributed by atoms with Crippen LogP contribution in [0.1, 0.15) is 43.5 Å². The standard InChI is InChI=1S/C15H20Cl2N2O/c1-3-15(4-2)5-6-19(9-15)14(20)10-7-11(16)13(18)12(17)8-10/h7-8H,3-6,9,18H2,1-2H3. The van der Waals surface area contributed by atoms with Crippen molar-refractivity contribution in [1.29, 1.82) is 0 Å². The van der Waals surface area contributed by atoms with Gasteiger partial charge in [-0.25, -0.2) is 0 Å². The Morgan fingerprint density at radius 2 is 1.85 bits per heavy atom. The van der Waals surface area contributed by atoms with Crippen molar-refractivity contribution in [2.45, 2.75) is 33.1 Å². The predicted molar refractivity (Wildman–Crippen MR) is 84.4 cm³/mol. The van der Waals surface area contributed by atoms with Gasteiger partial charge in [0.15, 0.2) is 0 Å². The number of benzene rings is 1. The predicted octanol–water partition coefficient (Wildman–Crippen LogP) is 4.23. The van der Waals surface area contributed by atoms with Gasteiger partial charge in [-0.1, -0.05) is 37.0 Å². The minimum atomic E-state index is -0.0161.